The summed E-state index contributed by atoms with van der Waals surface area (Å²) in [6.45, 7) is 4.83. The van der Waals surface area contributed by atoms with Crippen LogP contribution in [-0.4, -0.2) is 34.6 Å². The number of nitrogens with zero attached hydrogens (tertiary/aromatic N) is 3. The summed E-state index contributed by atoms with van der Waals surface area (Å²) in [6, 6.07) is 0. The number of rotatable bonds is 6. The molecule has 0 saturated carbocycles. The van der Waals surface area contributed by atoms with Gasteiger partial charge in [0, 0.05) is 13.2 Å². The molecule has 0 unspecified atom stereocenters. The average molecular weight is 261 g/mol. The van der Waals surface area contributed by atoms with Gasteiger partial charge in [-0.25, -0.2) is 4.98 Å². The van der Waals surface area contributed by atoms with Crippen LogP contribution in [0.1, 0.15) is 12.6 Å². The van der Waals surface area contributed by atoms with Crippen molar-refractivity contribution in [3.05, 3.63) is 21.1 Å². The fourth-order valence-electron chi connectivity index (χ4n) is 1.26. The van der Waals surface area contributed by atoms with Crippen molar-refractivity contribution in [2.24, 2.45) is 0 Å². The molecule has 0 aliphatic carbocycles. The Hall–Kier alpha value is -1.47. The van der Waals surface area contributed by atoms with E-state index in [1.54, 1.807) is 0 Å². The van der Waals surface area contributed by atoms with Gasteiger partial charge < -0.3 is 10.1 Å². The second-order valence-electron chi connectivity index (χ2n) is 3.16. The Labute approximate surface area is 103 Å². The number of aryl methyl sites for hydroxylation is 1. The van der Waals surface area contributed by atoms with Crippen molar-refractivity contribution in [3.8, 4) is 0 Å². The molecule has 0 amide bonds. The van der Waals surface area contributed by atoms with E-state index in [0.29, 0.717) is 19.8 Å². The van der Waals surface area contributed by atoms with Gasteiger partial charge >= 0.3 is 5.69 Å². The molecule has 0 aliphatic rings. The van der Waals surface area contributed by atoms with E-state index in [9.17, 15) is 10.1 Å². The SMILES string of the molecule is CCOCCNc1nc(Cl)nc(C)c1[N+](=O)[O-]. The quantitative estimate of drug-likeness (QED) is 0.363. The van der Waals surface area contributed by atoms with E-state index >= 15 is 0 Å². The van der Waals surface area contributed by atoms with Crippen LogP contribution in [0.25, 0.3) is 0 Å². The number of hydrogen-bond acceptors (Lipinski definition) is 6. The lowest BCUT2D eigenvalue weighted by molar-refractivity contribution is -0.385. The maximum absolute atomic E-state index is 10.9. The van der Waals surface area contributed by atoms with Crippen LogP contribution in [0.2, 0.25) is 5.28 Å². The number of nitro groups is 1. The highest BCUT2D eigenvalue weighted by molar-refractivity contribution is 6.28. The smallest absolute Gasteiger partial charge is 0.332 e. The predicted molar refractivity (Wildman–Crippen MR) is 63.4 cm³/mol. The van der Waals surface area contributed by atoms with Gasteiger partial charge in [0.15, 0.2) is 0 Å². The molecule has 1 N–H and O–H groups in total. The molecule has 1 aromatic heterocycles. The van der Waals surface area contributed by atoms with Gasteiger partial charge in [0.25, 0.3) is 0 Å². The Bertz CT molecular complexity index is 413. The van der Waals surface area contributed by atoms with Crippen molar-refractivity contribution in [2.45, 2.75) is 13.8 Å². The summed E-state index contributed by atoms with van der Waals surface area (Å²) in [5.41, 5.74) is 0.0693. The molecule has 0 bridgehead atoms. The zero-order valence-corrected chi connectivity index (χ0v) is 10.3. The monoisotopic (exact) mass is 260 g/mol. The molecule has 0 saturated heterocycles. The lowest BCUT2D eigenvalue weighted by atomic mass is 10.3. The van der Waals surface area contributed by atoms with E-state index in [1.165, 1.54) is 6.92 Å². The molecule has 8 heteroatoms. The van der Waals surface area contributed by atoms with Crippen LogP contribution in [-0.2, 0) is 4.74 Å². The molecule has 0 aliphatic heterocycles. The highest BCUT2D eigenvalue weighted by atomic mass is 35.5. The maximum atomic E-state index is 10.9. The lowest BCUT2D eigenvalue weighted by Gasteiger charge is -2.07. The molecule has 1 aromatic rings. The third kappa shape index (κ3) is 3.79. The molecule has 0 atom stereocenters. The molecule has 0 radical (unpaired) electrons. The fraction of sp³-hybridized carbons (Fsp3) is 0.556. The van der Waals surface area contributed by atoms with Crippen molar-refractivity contribution < 1.29 is 9.66 Å². The standard InChI is InChI=1S/C9H13ClN4O3/c1-3-17-5-4-11-8-7(14(15)16)6(2)12-9(10)13-8/h3-5H2,1-2H3,(H,11,12,13). The van der Waals surface area contributed by atoms with Gasteiger partial charge in [0.1, 0.15) is 5.69 Å². The molecule has 1 heterocycles. The van der Waals surface area contributed by atoms with E-state index in [1.807, 2.05) is 6.92 Å². The summed E-state index contributed by atoms with van der Waals surface area (Å²) in [5.74, 6) is 0.118. The minimum absolute atomic E-state index is 0.0213. The zero-order valence-electron chi connectivity index (χ0n) is 9.57. The molecule has 0 spiro atoms. The number of aromatic nitrogens is 2. The first-order chi connectivity index (χ1) is 8.06. The first-order valence-corrected chi connectivity index (χ1v) is 5.44. The summed E-state index contributed by atoms with van der Waals surface area (Å²) in [5, 5.41) is 13.6. The Morgan fingerprint density at radius 1 is 1.53 bits per heavy atom. The van der Waals surface area contributed by atoms with Crippen LogP contribution < -0.4 is 5.32 Å². The number of halogens is 1. The Kier molecular flexibility index (Phi) is 5.05. The van der Waals surface area contributed by atoms with Gasteiger partial charge in [0.2, 0.25) is 11.1 Å². The van der Waals surface area contributed by atoms with Crippen molar-refractivity contribution >= 4 is 23.1 Å². The predicted octanol–water partition coefficient (Wildman–Crippen LogP) is 1.80. The minimum Gasteiger partial charge on any atom is -0.380 e. The highest BCUT2D eigenvalue weighted by Gasteiger charge is 2.21. The minimum atomic E-state index is -0.533. The van der Waals surface area contributed by atoms with Crippen molar-refractivity contribution in [3.63, 3.8) is 0 Å². The van der Waals surface area contributed by atoms with E-state index < -0.39 is 4.92 Å². The van der Waals surface area contributed by atoms with Gasteiger partial charge in [0.05, 0.1) is 11.5 Å². The fourth-order valence-corrected chi connectivity index (χ4v) is 1.47. The van der Waals surface area contributed by atoms with Crippen LogP contribution in [0.5, 0.6) is 0 Å². The van der Waals surface area contributed by atoms with Crippen LogP contribution in [0, 0.1) is 17.0 Å². The van der Waals surface area contributed by atoms with Crippen LogP contribution in [0.3, 0.4) is 0 Å². The molecule has 94 valence electrons. The first-order valence-electron chi connectivity index (χ1n) is 5.06. The molecule has 0 fully saturated rings. The largest absolute Gasteiger partial charge is 0.380 e. The van der Waals surface area contributed by atoms with E-state index in [4.69, 9.17) is 16.3 Å². The van der Waals surface area contributed by atoms with Gasteiger partial charge in [-0.3, -0.25) is 10.1 Å². The Morgan fingerprint density at radius 2 is 2.24 bits per heavy atom. The summed E-state index contributed by atoms with van der Waals surface area (Å²) in [4.78, 5) is 17.9. The van der Waals surface area contributed by atoms with Crippen LogP contribution >= 0.6 is 11.6 Å². The summed E-state index contributed by atoms with van der Waals surface area (Å²) in [6.07, 6.45) is 0. The average Bonchev–Trinajstić information content (AvgIpc) is 2.22. The number of anilines is 1. The second kappa shape index (κ2) is 6.31. The van der Waals surface area contributed by atoms with Gasteiger partial charge in [-0.15, -0.1) is 0 Å². The third-order valence-electron chi connectivity index (χ3n) is 1.96. The van der Waals surface area contributed by atoms with Crippen molar-refractivity contribution in [1.82, 2.24) is 9.97 Å². The van der Waals surface area contributed by atoms with E-state index in [0.717, 1.165) is 0 Å². The summed E-state index contributed by atoms with van der Waals surface area (Å²) >= 11 is 5.65. The van der Waals surface area contributed by atoms with Gasteiger partial charge in [-0.05, 0) is 25.4 Å². The van der Waals surface area contributed by atoms with Gasteiger partial charge in [-0.1, -0.05) is 0 Å². The molecule has 7 nitrogen and oxygen atoms in total. The highest BCUT2D eigenvalue weighted by Crippen LogP contribution is 2.26. The molecule has 1 rings (SSSR count). The second-order valence-corrected chi connectivity index (χ2v) is 3.49. The Morgan fingerprint density at radius 3 is 2.82 bits per heavy atom. The Balaban J connectivity index is 2.85. The number of nitrogens with one attached hydrogen (secondary N) is 1. The summed E-state index contributed by atoms with van der Waals surface area (Å²) in [7, 11) is 0. The molecular formula is C9H13ClN4O3. The molecular weight excluding hydrogens is 248 g/mol. The zero-order chi connectivity index (χ0) is 12.8. The van der Waals surface area contributed by atoms with Crippen molar-refractivity contribution in [1.29, 1.82) is 0 Å². The van der Waals surface area contributed by atoms with E-state index in [2.05, 4.69) is 15.3 Å². The van der Waals surface area contributed by atoms with Crippen LogP contribution in [0.15, 0.2) is 0 Å². The van der Waals surface area contributed by atoms with Crippen molar-refractivity contribution in [2.75, 3.05) is 25.1 Å². The number of ether oxygens (including phenoxy) is 1. The molecule has 17 heavy (non-hydrogen) atoms. The third-order valence-corrected chi connectivity index (χ3v) is 2.13. The molecule has 0 aromatic carbocycles. The lowest BCUT2D eigenvalue weighted by Crippen LogP contribution is -2.13. The van der Waals surface area contributed by atoms with E-state index in [-0.39, 0.29) is 22.5 Å². The summed E-state index contributed by atoms with van der Waals surface area (Å²) < 4.78 is 5.11. The normalized spacial score (nSPS) is 10.3. The number of hydrogen-bond donors (Lipinski definition) is 1. The van der Waals surface area contributed by atoms with Gasteiger partial charge in [-0.2, -0.15) is 4.98 Å². The van der Waals surface area contributed by atoms with Crippen LogP contribution in [0.4, 0.5) is 11.5 Å². The topological polar surface area (TPSA) is 90.2 Å². The maximum Gasteiger partial charge on any atom is 0.332 e. The first kappa shape index (κ1) is 13.6.